The minimum atomic E-state index is -0.954. The molecule has 6 heavy (non-hydrogen) atoms. The quantitative estimate of drug-likeness (QED) is 0.359. The zero-order valence-corrected chi connectivity index (χ0v) is 3.33. The third-order valence-electron chi connectivity index (χ3n) is 0.421. The Morgan fingerprint density at radius 1 is 1.67 bits per heavy atom. The van der Waals surface area contributed by atoms with E-state index in [1.165, 1.54) is 0 Å². The van der Waals surface area contributed by atoms with E-state index in [2.05, 4.69) is 0 Å². The van der Waals surface area contributed by atoms with Crippen LogP contribution in [0.1, 0.15) is 0 Å². The van der Waals surface area contributed by atoms with Crippen LogP contribution in [0.2, 0.25) is 0 Å². The number of rotatable bonds is 2. The molecular weight excluding hydrogens is 86.0 g/mol. The second kappa shape index (κ2) is 3.08. The van der Waals surface area contributed by atoms with E-state index in [9.17, 15) is 0 Å². The lowest BCUT2D eigenvalue weighted by molar-refractivity contribution is 0.0450. The highest BCUT2D eigenvalue weighted by Crippen LogP contribution is 1.71. The Labute approximate surface area is 35.9 Å². The number of aliphatic hydroxyl groups is 3. The van der Waals surface area contributed by atoms with Crippen molar-refractivity contribution in [2.75, 3.05) is 13.2 Å². The van der Waals surface area contributed by atoms with Crippen LogP contribution in [0.5, 0.6) is 0 Å². The van der Waals surface area contributed by atoms with Crippen molar-refractivity contribution < 1.29 is 15.3 Å². The van der Waals surface area contributed by atoms with Gasteiger partial charge in [0.1, 0.15) is 6.10 Å². The molecule has 0 amide bonds. The third-order valence-corrected chi connectivity index (χ3v) is 0.421. The third kappa shape index (κ3) is 2.14. The first kappa shape index (κ1) is 5.88. The summed E-state index contributed by atoms with van der Waals surface area (Å²) in [6.07, 6.45) is -0.954. The van der Waals surface area contributed by atoms with Gasteiger partial charge in [-0.2, -0.15) is 0 Å². The smallest absolute Gasteiger partial charge is 0.100 e. The molecule has 0 aliphatic rings. The molecule has 0 rings (SSSR count). The van der Waals surface area contributed by atoms with Crippen LogP contribution in [0.4, 0.5) is 0 Å². The maximum atomic E-state index is 8.17. The zero-order chi connectivity index (χ0) is 4.99. The molecule has 0 heterocycles. The Balaban J connectivity index is 2.75. The molecule has 0 unspecified atom stereocenters. The Kier molecular flexibility index (Phi) is 3.02. The lowest BCUT2D eigenvalue weighted by atomic mass is 10.4. The fraction of sp³-hybridized carbons (Fsp3) is 1.00. The normalized spacial score (nSPS) is 14.5. The molecule has 3 nitrogen and oxygen atoms in total. The van der Waals surface area contributed by atoms with E-state index in [1.54, 1.807) is 0 Å². The number of aliphatic hydroxyl groups excluding tert-OH is 3. The molecule has 1 atom stereocenters. The van der Waals surface area contributed by atoms with Crippen molar-refractivity contribution in [2.45, 2.75) is 6.10 Å². The molecule has 0 aromatic rings. The van der Waals surface area contributed by atoms with Crippen LogP contribution in [-0.4, -0.2) is 34.6 Å². The summed E-state index contributed by atoms with van der Waals surface area (Å²) in [7, 11) is 0. The average molecular weight is 94.1 g/mol. The minimum Gasteiger partial charge on any atom is -0.394 e. The second-order valence-corrected chi connectivity index (χ2v) is 1.02. The summed E-state index contributed by atoms with van der Waals surface area (Å²) < 4.78 is 0. The summed E-state index contributed by atoms with van der Waals surface area (Å²) in [6, 6.07) is 0. The van der Waals surface area contributed by atoms with Crippen molar-refractivity contribution in [2.24, 2.45) is 0 Å². The summed E-state index contributed by atoms with van der Waals surface area (Å²) in [5.74, 6) is 0. The molecule has 0 bridgehead atoms. The van der Waals surface area contributed by atoms with Crippen LogP contribution in [0.15, 0.2) is 0 Å². The summed E-state index contributed by atoms with van der Waals surface area (Å²) in [5.41, 5.74) is 0. The zero-order valence-electron chi connectivity index (χ0n) is 3.33. The molecule has 0 aromatic heterocycles. The van der Waals surface area contributed by atoms with Crippen molar-refractivity contribution in [3.63, 3.8) is 0 Å². The monoisotopic (exact) mass is 94.1 g/mol. The van der Waals surface area contributed by atoms with Gasteiger partial charge in [0, 0.05) is 0 Å². The standard InChI is InChI=1S/C3H8O3/c4-1-3(6)2-5/h3-6H,1-2H2/i4+2/t3-/m0/s1. The highest BCUT2D eigenvalue weighted by Gasteiger charge is 1.93. The lowest BCUT2D eigenvalue weighted by Gasteiger charge is -1.96. The van der Waals surface area contributed by atoms with Crippen LogP contribution in [-0.2, 0) is 0 Å². The second-order valence-electron chi connectivity index (χ2n) is 1.02. The van der Waals surface area contributed by atoms with Crippen LogP contribution in [0.3, 0.4) is 0 Å². The number of hydrogen-bond acceptors (Lipinski definition) is 3. The molecular formula is C3H8O3. The number of hydrogen-bond donors (Lipinski definition) is 3. The van der Waals surface area contributed by atoms with Crippen LogP contribution in [0.25, 0.3) is 0 Å². The Morgan fingerprint density at radius 2 is 2.17 bits per heavy atom. The first-order valence-electron chi connectivity index (χ1n) is 1.71. The molecule has 3 N–H and O–H groups in total. The van der Waals surface area contributed by atoms with Crippen LogP contribution >= 0.6 is 0 Å². The predicted molar refractivity (Wildman–Crippen MR) is 20.2 cm³/mol. The molecule has 0 saturated carbocycles. The summed E-state index contributed by atoms with van der Waals surface area (Å²) in [4.78, 5) is 0. The first-order valence-corrected chi connectivity index (χ1v) is 1.71. The molecule has 0 radical (unpaired) electrons. The van der Waals surface area contributed by atoms with Gasteiger partial charge in [-0.25, -0.2) is 0 Å². The van der Waals surface area contributed by atoms with Gasteiger partial charge in [-0.1, -0.05) is 0 Å². The van der Waals surface area contributed by atoms with Gasteiger partial charge in [0.25, 0.3) is 0 Å². The van der Waals surface area contributed by atoms with Gasteiger partial charge in [0.05, 0.1) is 13.2 Å². The maximum absolute atomic E-state index is 8.17. The van der Waals surface area contributed by atoms with E-state index in [4.69, 9.17) is 15.3 Å². The van der Waals surface area contributed by atoms with Gasteiger partial charge in [-0.05, 0) is 0 Å². The largest absolute Gasteiger partial charge is 0.394 e. The van der Waals surface area contributed by atoms with Crippen molar-refractivity contribution in [3.05, 3.63) is 0 Å². The van der Waals surface area contributed by atoms with Gasteiger partial charge in [0.15, 0.2) is 0 Å². The fourth-order valence-corrected chi connectivity index (χ4v) is 0.0577. The Hall–Kier alpha value is -0.120. The average Bonchev–Trinajstić information content (AvgIpc) is 1.65. The van der Waals surface area contributed by atoms with Gasteiger partial charge < -0.3 is 15.3 Å². The van der Waals surface area contributed by atoms with E-state index < -0.39 is 6.10 Å². The molecule has 0 saturated heterocycles. The van der Waals surface area contributed by atoms with Crippen molar-refractivity contribution in [1.29, 1.82) is 0 Å². The van der Waals surface area contributed by atoms with E-state index in [0.29, 0.717) is 0 Å². The minimum absolute atomic E-state index is 0.365. The first-order chi connectivity index (χ1) is 2.81. The van der Waals surface area contributed by atoms with E-state index in [0.717, 1.165) is 0 Å². The van der Waals surface area contributed by atoms with Gasteiger partial charge in [-0.15, -0.1) is 0 Å². The Morgan fingerprint density at radius 3 is 2.17 bits per heavy atom. The molecule has 0 fully saturated rings. The van der Waals surface area contributed by atoms with Crippen LogP contribution < -0.4 is 0 Å². The lowest BCUT2D eigenvalue weighted by Crippen LogP contribution is -2.15. The fourth-order valence-electron chi connectivity index (χ4n) is 0.0577. The molecule has 3 heteroatoms. The molecule has 0 aromatic carbocycles. The van der Waals surface area contributed by atoms with Gasteiger partial charge >= 0.3 is 0 Å². The Bertz CT molecular complexity index is 25.2. The highest BCUT2D eigenvalue weighted by atomic mass is 18.2. The predicted octanol–water partition coefficient (Wildman–Crippen LogP) is -1.67. The maximum Gasteiger partial charge on any atom is 0.100 e. The van der Waals surface area contributed by atoms with E-state index in [-0.39, 0.29) is 13.2 Å². The topological polar surface area (TPSA) is 60.7 Å². The van der Waals surface area contributed by atoms with Crippen molar-refractivity contribution in [1.82, 2.24) is 0 Å². The van der Waals surface area contributed by atoms with Crippen molar-refractivity contribution >= 4 is 0 Å². The van der Waals surface area contributed by atoms with Crippen LogP contribution in [0, 0.1) is 0 Å². The summed E-state index contributed by atoms with van der Waals surface area (Å²) in [6.45, 7) is -0.729. The van der Waals surface area contributed by atoms with Crippen molar-refractivity contribution in [3.8, 4) is 0 Å². The van der Waals surface area contributed by atoms with Gasteiger partial charge in [0.2, 0.25) is 0 Å². The summed E-state index contributed by atoms with van der Waals surface area (Å²) in [5, 5.41) is 24.0. The highest BCUT2D eigenvalue weighted by molar-refractivity contribution is 4.43. The molecule has 38 valence electrons. The summed E-state index contributed by atoms with van der Waals surface area (Å²) >= 11 is 0. The van der Waals surface area contributed by atoms with Gasteiger partial charge in [-0.3, -0.25) is 0 Å². The molecule has 0 spiro atoms. The van der Waals surface area contributed by atoms with E-state index in [1.807, 2.05) is 0 Å². The SMILES string of the molecule is OC[C@@H](O)C[18OH]. The van der Waals surface area contributed by atoms with E-state index >= 15 is 0 Å². The molecule has 0 aliphatic heterocycles. The molecule has 0 aliphatic carbocycles.